The lowest BCUT2D eigenvalue weighted by Gasteiger charge is -2.06. The summed E-state index contributed by atoms with van der Waals surface area (Å²) in [6.45, 7) is 4.40. The Morgan fingerprint density at radius 2 is 2.00 bits per heavy atom. The van der Waals surface area contributed by atoms with Crippen LogP contribution in [0.3, 0.4) is 0 Å². The monoisotopic (exact) mass is 204 g/mol. The van der Waals surface area contributed by atoms with Crippen molar-refractivity contribution in [1.29, 1.82) is 0 Å². The predicted octanol–water partition coefficient (Wildman–Crippen LogP) is 1.71. The number of amidine groups is 1. The molecule has 0 radical (unpaired) electrons. The number of aliphatic imine (C=N–C) groups is 1. The number of carbonyl (C=O) groups is 1. The maximum Gasteiger partial charge on any atom is 0.141 e. The SMILES string of the molecule is CC(C)c1ccc(C(N)=NCC=O)cc1. The van der Waals surface area contributed by atoms with Gasteiger partial charge in [0.1, 0.15) is 12.1 Å². The van der Waals surface area contributed by atoms with Gasteiger partial charge >= 0.3 is 0 Å². The van der Waals surface area contributed by atoms with E-state index in [0.29, 0.717) is 11.8 Å². The van der Waals surface area contributed by atoms with Gasteiger partial charge in [-0.1, -0.05) is 38.1 Å². The molecule has 0 aliphatic heterocycles. The lowest BCUT2D eigenvalue weighted by atomic mass is 10.0. The first-order valence-electron chi connectivity index (χ1n) is 4.99. The van der Waals surface area contributed by atoms with Crippen molar-refractivity contribution in [1.82, 2.24) is 0 Å². The summed E-state index contributed by atoms with van der Waals surface area (Å²) in [6, 6.07) is 7.92. The quantitative estimate of drug-likeness (QED) is 0.461. The average Bonchev–Trinajstić information content (AvgIpc) is 2.26. The fraction of sp³-hybridized carbons (Fsp3) is 0.333. The highest BCUT2D eigenvalue weighted by Gasteiger charge is 2.00. The second-order valence-corrected chi connectivity index (χ2v) is 3.67. The fourth-order valence-corrected chi connectivity index (χ4v) is 1.27. The van der Waals surface area contributed by atoms with Crippen molar-refractivity contribution in [3.8, 4) is 0 Å². The molecule has 0 saturated heterocycles. The van der Waals surface area contributed by atoms with Crippen LogP contribution in [0.5, 0.6) is 0 Å². The lowest BCUT2D eigenvalue weighted by molar-refractivity contribution is -0.106. The number of hydrogen-bond donors (Lipinski definition) is 1. The minimum Gasteiger partial charge on any atom is -0.383 e. The second kappa shape index (κ2) is 5.29. The van der Waals surface area contributed by atoms with Crippen molar-refractivity contribution in [3.05, 3.63) is 35.4 Å². The highest BCUT2D eigenvalue weighted by atomic mass is 16.1. The van der Waals surface area contributed by atoms with E-state index in [4.69, 9.17) is 5.73 Å². The maximum atomic E-state index is 10.1. The van der Waals surface area contributed by atoms with E-state index in [2.05, 4.69) is 18.8 Å². The van der Waals surface area contributed by atoms with Crippen LogP contribution in [0.1, 0.15) is 30.9 Å². The Kier molecular flexibility index (Phi) is 4.03. The molecule has 0 amide bonds. The van der Waals surface area contributed by atoms with Crippen LogP contribution in [0.25, 0.3) is 0 Å². The molecule has 0 aromatic heterocycles. The van der Waals surface area contributed by atoms with Gasteiger partial charge < -0.3 is 10.5 Å². The highest BCUT2D eigenvalue weighted by Crippen LogP contribution is 2.14. The molecule has 0 saturated carbocycles. The first-order chi connectivity index (χ1) is 7.15. The van der Waals surface area contributed by atoms with E-state index in [1.807, 2.05) is 24.3 Å². The number of nitrogens with two attached hydrogens (primary N) is 1. The Hall–Kier alpha value is -1.64. The van der Waals surface area contributed by atoms with E-state index < -0.39 is 0 Å². The number of nitrogens with zero attached hydrogens (tertiary/aromatic N) is 1. The van der Waals surface area contributed by atoms with E-state index >= 15 is 0 Å². The van der Waals surface area contributed by atoms with Crippen molar-refractivity contribution in [2.45, 2.75) is 19.8 Å². The standard InChI is InChI=1S/C12H16N2O/c1-9(2)10-3-5-11(6-4-10)12(13)14-7-8-15/h3-6,8-9H,7H2,1-2H3,(H2,13,14). The molecule has 80 valence electrons. The Morgan fingerprint density at radius 3 is 2.47 bits per heavy atom. The van der Waals surface area contributed by atoms with Gasteiger partial charge in [0.25, 0.3) is 0 Å². The molecule has 3 nitrogen and oxygen atoms in total. The largest absolute Gasteiger partial charge is 0.383 e. The number of hydrogen-bond acceptors (Lipinski definition) is 2. The maximum absolute atomic E-state index is 10.1. The van der Waals surface area contributed by atoms with Crippen LogP contribution in [0.4, 0.5) is 0 Å². The zero-order valence-electron chi connectivity index (χ0n) is 9.10. The number of carbonyl (C=O) groups excluding carboxylic acids is 1. The topological polar surface area (TPSA) is 55.4 Å². The van der Waals surface area contributed by atoms with Gasteiger partial charge in [-0.15, -0.1) is 0 Å². The van der Waals surface area contributed by atoms with Crippen molar-refractivity contribution in [2.24, 2.45) is 10.7 Å². The lowest BCUT2D eigenvalue weighted by Crippen LogP contribution is -2.14. The third-order valence-corrected chi connectivity index (χ3v) is 2.21. The zero-order valence-corrected chi connectivity index (χ0v) is 9.10. The summed E-state index contributed by atoms with van der Waals surface area (Å²) in [5.74, 6) is 0.921. The van der Waals surface area contributed by atoms with E-state index in [1.54, 1.807) is 0 Å². The third kappa shape index (κ3) is 3.20. The van der Waals surface area contributed by atoms with Crippen molar-refractivity contribution < 1.29 is 4.79 Å². The molecule has 0 aliphatic rings. The van der Waals surface area contributed by atoms with Crippen molar-refractivity contribution in [3.63, 3.8) is 0 Å². The zero-order chi connectivity index (χ0) is 11.3. The summed E-state index contributed by atoms with van der Waals surface area (Å²) in [5, 5.41) is 0. The number of rotatable bonds is 4. The molecule has 0 atom stereocenters. The molecule has 0 spiro atoms. The summed E-state index contributed by atoms with van der Waals surface area (Å²) >= 11 is 0. The van der Waals surface area contributed by atoms with Crippen LogP contribution in [-0.2, 0) is 4.79 Å². The predicted molar refractivity (Wildman–Crippen MR) is 62.2 cm³/mol. The van der Waals surface area contributed by atoms with Crippen molar-refractivity contribution in [2.75, 3.05) is 6.54 Å². The third-order valence-electron chi connectivity index (χ3n) is 2.21. The van der Waals surface area contributed by atoms with Crippen LogP contribution in [-0.4, -0.2) is 18.7 Å². The van der Waals surface area contributed by atoms with Gasteiger partial charge in [-0.05, 0) is 11.5 Å². The molecular weight excluding hydrogens is 188 g/mol. The number of benzene rings is 1. The van der Waals surface area contributed by atoms with Gasteiger partial charge in [0, 0.05) is 5.56 Å². The van der Waals surface area contributed by atoms with Crippen LogP contribution < -0.4 is 5.73 Å². The van der Waals surface area contributed by atoms with E-state index in [1.165, 1.54) is 5.56 Å². The van der Waals surface area contributed by atoms with Gasteiger partial charge in [0.2, 0.25) is 0 Å². The average molecular weight is 204 g/mol. The van der Waals surface area contributed by atoms with E-state index in [-0.39, 0.29) is 6.54 Å². The molecule has 3 heteroatoms. The van der Waals surface area contributed by atoms with Gasteiger partial charge in [-0.25, -0.2) is 0 Å². The Morgan fingerprint density at radius 1 is 1.40 bits per heavy atom. The summed E-state index contributed by atoms with van der Waals surface area (Å²) in [6.07, 6.45) is 0.731. The van der Waals surface area contributed by atoms with Crippen LogP contribution in [0, 0.1) is 0 Å². The Bertz CT molecular complexity index is 352. The minimum absolute atomic E-state index is 0.123. The molecule has 2 N–H and O–H groups in total. The van der Waals surface area contributed by atoms with Gasteiger partial charge in [-0.3, -0.25) is 4.99 Å². The summed E-state index contributed by atoms with van der Waals surface area (Å²) < 4.78 is 0. The summed E-state index contributed by atoms with van der Waals surface area (Å²) in [4.78, 5) is 14.0. The van der Waals surface area contributed by atoms with Gasteiger partial charge in [-0.2, -0.15) is 0 Å². The minimum atomic E-state index is 0.123. The van der Waals surface area contributed by atoms with Crippen LogP contribution >= 0.6 is 0 Å². The normalized spacial score (nSPS) is 11.8. The molecule has 1 rings (SSSR count). The summed E-state index contributed by atoms with van der Waals surface area (Å²) in [7, 11) is 0. The van der Waals surface area contributed by atoms with Gasteiger partial charge in [0.05, 0.1) is 6.54 Å². The molecule has 0 fully saturated rings. The van der Waals surface area contributed by atoms with Crippen LogP contribution in [0.2, 0.25) is 0 Å². The molecular formula is C12H16N2O. The molecule has 0 aliphatic carbocycles. The first kappa shape index (κ1) is 11.4. The first-order valence-corrected chi connectivity index (χ1v) is 4.99. The highest BCUT2D eigenvalue weighted by molar-refractivity contribution is 5.97. The Labute approximate surface area is 90.0 Å². The molecule has 15 heavy (non-hydrogen) atoms. The summed E-state index contributed by atoms with van der Waals surface area (Å²) in [5.41, 5.74) is 7.83. The molecule has 1 aromatic carbocycles. The number of aldehydes is 1. The molecule has 0 bridgehead atoms. The second-order valence-electron chi connectivity index (χ2n) is 3.67. The fourth-order valence-electron chi connectivity index (χ4n) is 1.27. The molecule has 0 heterocycles. The smallest absolute Gasteiger partial charge is 0.141 e. The molecule has 1 aromatic rings. The van der Waals surface area contributed by atoms with E-state index in [0.717, 1.165) is 11.8 Å². The Balaban J connectivity index is 2.84. The van der Waals surface area contributed by atoms with E-state index in [9.17, 15) is 4.79 Å². The molecule has 0 unspecified atom stereocenters. The van der Waals surface area contributed by atoms with Gasteiger partial charge in [0.15, 0.2) is 0 Å². The van der Waals surface area contributed by atoms with Crippen LogP contribution in [0.15, 0.2) is 29.3 Å². The van der Waals surface area contributed by atoms with Crippen molar-refractivity contribution >= 4 is 12.1 Å².